The molecule has 3 amide bonds. The molecular formula is C12H21N3O5. The second kappa shape index (κ2) is 7.68. The number of nitrogens with one attached hydrogen (secondary N) is 1. The van der Waals surface area contributed by atoms with Crippen molar-refractivity contribution in [3.63, 3.8) is 0 Å². The highest BCUT2D eigenvalue weighted by molar-refractivity contribution is 5.85. The third-order valence-corrected chi connectivity index (χ3v) is 3.33. The van der Waals surface area contributed by atoms with Crippen LogP contribution in [0.4, 0.5) is 4.79 Å². The number of likely N-dealkylation sites (tertiary alicyclic amines) is 1. The first-order chi connectivity index (χ1) is 9.45. The largest absolute Gasteiger partial charge is 0.480 e. The standard InChI is InChI=1S/C12H21N3O5/c1-20-6-4-9(11(17)18)14-10(16)8-3-2-5-15(7-8)12(13)19/h8-9H,2-7H2,1H3,(H2,13,19)(H,14,16)(H,17,18). The number of nitrogens with zero attached hydrogens (tertiary/aromatic N) is 1. The normalized spacial score (nSPS) is 20.2. The van der Waals surface area contributed by atoms with Crippen LogP contribution in [0.2, 0.25) is 0 Å². The van der Waals surface area contributed by atoms with E-state index in [1.54, 1.807) is 0 Å². The number of methoxy groups -OCH3 is 1. The minimum atomic E-state index is -1.10. The highest BCUT2D eigenvalue weighted by Gasteiger charge is 2.30. The number of carbonyl (C=O) groups excluding carboxylic acids is 2. The molecule has 2 unspecified atom stereocenters. The molecule has 4 N–H and O–H groups in total. The zero-order chi connectivity index (χ0) is 15.1. The topological polar surface area (TPSA) is 122 Å². The van der Waals surface area contributed by atoms with Crippen molar-refractivity contribution in [3.05, 3.63) is 0 Å². The number of primary amides is 1. The number of nitrogens with two attached hydrogens (primary N) is 1. The lowest BCUT2D eigenvalue weighted by atomic mass is 9.97. The van der Waals surface area contributed by atoms with E-state index in [0.717, 1.165) is 0 Å². The Morgan fingerprint density at radius 2 is 2.20 bits per heavy atom. The average molecular weight is 287 g/mol. The number of hydrogen-bond acceptors (Lipinski definition) is 4. The highest BCUT2D eigenvalue weighted by atomic mass is 16.5. The molecule has 0 aromatic rings. The number of urea groups is 1. The lowest BCUT2D eigenvalue weighted by molar-refractivity contribution is -0.143. The smallest absolute Gasteiger partial charge is 0.326 e. The first-order valence-corrected chi connectivity index (χ1v) is 6.52. The number of hydrogen-bond donors (Lipinski definition) is 3. The third kappa shape index (κ3) is 4.69. The molecule has 114 valence electrons. The van der Waals surface area contributed by atoms with Crippen LogP contribution in [0, 0.1) is 5.92 Å². The van der Waals surface area contributed by atoms with E-state index in [0.29, 0.717) is 19.4 Å². The number of piperidine rings is 1. The average Bonchev–Trinajstić information content (AvgIpc) is 2.42. The maximum atomic E-state index is 12.1. The molecule has 0 radical (unpaired) electrons. The fraction of sp³-hybridized carbons (Fsp3) is 0.750. The van der Waals surface area contributed by atoms with E-state index in [1.165, 1.54) is 12.0 Å². The van der Waals surface area contributed by atoms with Gasteiger partial charge < -0.3 is 25.8 Å². The molecule has 1 aliphatic heterocycles. The van der Waals surface area contributed by atoms with E-state index >= 15 is 0 Å². The monoisotopic (exact) mass is 287 g/mol. The quantitative estimate of drug-likeness (QED) is 0.601. The number of aliphatic carboxylic acids is 1. The molecule has 1 saturated heterocycles. The van der Waals surface area contributed by atoms with E-state index in [1.807, 2.05) is 0 Å². The van der Waals surface area contributed by atoms with E-state index in [4.69, 9.17) is 15.6 Å². The van der Waals surface area contributed by atoms with Crippen LogP contribution in [-0.2, 0) is 14.3 Å². The first kappa shape index (κ1) is 16.2. The number of amides is 3. The van der Waals surface area contributed by atoms with Crippen molar-refractivity contribution < 1.29 is 24.2 Å². The SMILES string of the molecule is COCCC(NC(=O)C1CCCN(C(N)=O)C1)C(=O)O. The van der Waals surface area contributed by atoms with Gasteiger partial charge in [-0.05, 0) is 12.8 Å². The Morgan fingerprint density at radius 3 is 2.75 bits per heavy atom. The summed E-state index contributed by atoms with van der Waals surface area (Å²) in [6.45, 7) is 1.01. The number of carboxylic acids is 1. The highest BCUT2D eigenvalue weighted by Crippen LogP contribution is 2.16. The van der Waals surface area contributed by atoms with Gasteiger partial charge in [0.15, 0.2) is 0 Å². The molecule has 0 spiro atoms. The summed E-state index contributed by atoms with van der Waals surface area (Å²) in [6, 6.07) is -1.54. The minimum Gasteiger partial charge on any atom is -0.480 e. The van der Waals surface area contributed by atoms with E-state index in [9.17, 15) is 14.4 Å². The van der Waals surface area contributed by atoms with E-state index in [2.05, 4.69) is 5.32 Å². The van der Waals surface area contributed by atoms with Gasteiger partial charge in [-0.2, -0.15) is 0 Å². The zero-order valence-corrected chi connectivity index (χ0v) is 11.5. The van der Waals surface area contributed by atoms with Gasteiger partial charge in [-0.15, -0.1) is 0 Å². The molecule has 1 rings (SSSR count). The number of carboxylic acid groups (broad SMARTS) is 1. The third-order valence-electron chi connectivity index (χ3n) is 3.33. The maximum absolute atomic E-state index is 12.1. The summed E-state index contributed by atoms with van der Waals surface area (Å²) >= 11 is 0. The molecule has 1 fully saturated rings. The Labute approximate surface area is 117 Å². The van der Waals surface area contributed by atoms with Crippen LogP contribution < -0.4 is 11.1 Å². The van der Waals surface area contributed by atoms with Crippen LogP contribution in [0.1, 0.15) is 19.3 Å². The second-order valence-electron chi connectivity index (χ2n) is 4.80. The molecule has 1 aliphatic rings. The lowest BCUT2D eigenvalue weighted by Crippen LogP contribution is -2.50. The Bertz CT molecular complexity index is 374. The van der Waals surface area contributed by atoms with Crippen LogP contribution in [0.25, 0.3) is 0 Å². The van der Waals surface area contributed by atoms with Gasteiger partial charge >= 0.3 is 12.0 Å². The molecule has 1 heterocycles. The Balaban J connectivity index is 2.55. The van der Waals surface area contributed by atoms with Crippen LogP contribution >= 0.6 is 0 Å². The molecule has 0 aromatic heterocycles. The summed E-state index contributed by atoms with van der Waals surface area (Å²) in [6.07, 6.45) is 1.49. The van der Waals surface area contributed by atoms with E-state index in [-0.39, 0.29) is 25.5 Å². The van der Waals surface area contributed by atoms with Gasteiger partial charge in [-0.1, -0.05) is 0 Å². The predicted molar refractivity (Wildman–Crippen MR) is 69.9 cm³/mol. The van der Waals surface area contributed by atoms with Crippen molar-refractivity contribution in [1.82, 2.24) is 10.2 Å². The van der Waals surface area contributed by atoms with Crippen LogP contribution in [0.15, 0.2) is 0 Å². The molecule has 8 nitrogen and oxygen atoms in total. The lowest BCUT2D eigenvalue weighted by Gasteiger charge is -2.31. The van der Waals surface area contributed by atoms with Crippen molar-refractivity contribution in [2.75, 3.05) is 26.8 Å². The minimum absolute atomic E-state index is 0.198. The van der Waals surface area contributed by atoms with Gasteiger partial charge in [0.2, 0.25) is 5.91 Å². The summed E-state index contributed by atoms with van der Waals surface area (Å²) in [5.74, 6) is -1.88. The molecule has 0 saturated carbocycles. The molecule has 0 aromatic carbocycles. The molecule has 2 atom stereocenters. The molecular weight excluding hydrogens is 266 g/mol. The van der Waals surface area contributed by atoms with Crippen molar-refractivity contribution >= 4 is 17.9 Å². The number of ether oxygens (including phenoxy) is 1. The molecule has 0 bridgehead atoms. The van der Waals surface area contributed by atoms with Crippen LogP contribution in [-0.4, -0.2) is 60.8 Å². The Kier molecular flexibility index (Phi) is 6.23. The van der Waals surface area contributed by atoms with Crippen molar-refractivity contribution in [2.45, 2.75) is 25.3 Å². The summed E-state index contributed by atoms with van der Waals surface area (Å²) in [5, 5.41) is 11.5. The van der Waals surface area contributed by atoms with E-state index < -0.39 is 24.0 Å². The van der Waals surface area contributed by atoms with Crippen molar-refractivity contribution in [3.8, 4) is 0 Å². The predicted octanol–water partition coefficient (Wildman–Crippen LogP) is -0.617. The van der Waals surface area contributed by atoms with Gasteiger partial charge in [0.05, 0.1) is 5.92 Å². The van der Waals surface area contributed by atoms with Gasteiger partial charge in [0.1, 0.15) is 6.04 Å². The number of carbonyl (C=O) groups is 3. The first-order valence-electron chi connectivity index (χ1n) is 6.52. The van der Waals surface area contributed by atoms with Gasteiger partial charge in [0.25, 0.3) is 0 Å². The van der Waals surface area contributed by atoms with Crippen LogP contribution in [0.5, 0.6) is 0 Å². The Hall–Kier alpha value is -1.83. The molecule has 8 heteroatoms. The summed E-state index contributed by atoms with van der Waals surface area (Å²) in [7, 11) is 1.46. The number of rotatable bonds is 6. The fourth-order valence-corrected chi connectivity index (χ4v) is 2.17. The molecule has 0 aliphatic carbocycles. The zero-order valence-electron chi connectivity index (χ0n) is 11.5. The fourth-order valence-electron chi connectivity index (χ4n) is 2.17. The maximum Gasteiger partial charge on any atom is 0.326 e. The van der Waals surface area contributed by atoms with Gasteiger partial charge in [-0.3, -0.25) is 4.79 Å². The Morgan fingerprint density at radius 1 is 1.50 bits per heavy atom. The summed E-state index contributed by atoms with van der Waals surface area (Å²) in [4.78, 5) is 35.6. The summed E-state index contributed by atoms with van der Waals surface area (Å²) < 4.78 is 4.81. The summed E-state index contributed by atoms with van der Waals surface area (Å²) in [5.41, 5.74) is 5.19. The van der Waals surface area contributed by atoms with Crippen molar-refractivity contribution in [1.29, 1.82) is 0 Å². The van der Waals surface area contributed by atoms with Crippen molar-refractivity contribution in [2.24, 2.45) is 11.7 Å². The molecule has 20 heavy (non-hydrogen) atoms. The van der Waals surface area contributed by atoms with Gasteiger partial charge in [0, 0.05) is 33.2 Å². The second-order valence-corrected chi connectivity index (χ2v) is 4.80. The van der Waals surface area contributed by atoms with Crippen LogP contribution in [0.3, 0.4) is 0 Å². The van der Waals surface area contributed by atoms with Gasteiger partial charge in [-0.25, -0.2) is 9.59 Å².